The van der Waals surface area contributed by atoms with Crippen LogP contribution < -0.4 is 0 Å². The van der Waals surface area contributed by atoms with Crippen molar-refractivity contribution in [3.05, 3.63) is 132 Å². The van der Waals surface area contributed by atoms with Crippen molar-refractivity contribution >= 4 is 43.9 Å². The van der Waals surface area contributed by atoms with Crippen LogP contribution in [0.4, 0.5) is 0 Å². The van der Waals surface area contributed by atoms with E-state index in [0.717, 1.165) is 77.3 Å². The van der Waals surface area contributed by atoms with E-state index in [1.807, 2.05) is 60.7 Å². The second kappa shape index (κ2) is 9.24. The first-order valence-corrected chi connectivity index (χ1v) is 13.6. The van der Waals surface area contributed by atoms with Crippen LogP contribution in [-0.4, -0.2) is 0 Å². The summed E-state index contributed by atoms with van der Waals surface area (Å²) in [5, 5.41) is 23.2. The van der Waals surface area contributed by atoms with Gasteiger partial charge in [0.2, 0.25) is 0 Å². The highest BCUT2D eigenvalue weighted by Crippen LogP contribution is 2.45. The number of fused-ring (bicyclic) bond motifs is 6. The monoisotopic (exact) mass is 536 g/mol. The third kappa shape index (κ3) is 3.60. The Labute approximate surface area is 240 Å². The van der Waals surface area contributed by atoms with Crippen LogP contribution in [0.25, 0.3) is 77.3 Å². The van der Waals surface area contributed by atoms with Crippen LogP contribution in [0, 0.1) is 22.7 Å². The van der Waals surface area contributed by atoms with Gasteiger partial charge in [0.05, 0.1) is 23.3 Å². The zero-order valence-electron chi connectivity index (χ0n) is 22.3. The Morgan fingerprint density at radius 3 is 1.98 bits per heavy atom. The molecule has 2 heterocycles. The van der Waals surface area contributed by atoms with Crippen molar-refractivity contribution in [2.75, 3.05) is 0 Å². The number of furan rings is 2. The first-order chi connectivity index (χ1) is 20.7. The fraction of sp³-hybridized carbons (Fsp3) is 0. The van der Waals surface area contributed by atoms with Gasteiger partial charge in [0.15, 0.2) is 0 Å². The van der Waals surface area contributed by atoms with Crippen LogP contribution in [0.1, 0.15) is 11.1 Å². The number of para-hydroxylation sites is 2. The molecule has 0 fully saturated rings. The summed E-state index contributed by atoms with van der Waals surface area (Å²) in [7, 11) is 0. The number of rotatable bonds is 3. The van der Waals surface area contributed by atoms with E-state index in [0.29, 0.717) is 11.1 Å². The van der Waals surface area contributed by atoms with Crippen molar-refractivity contribution in [3.8, 4) is 45.5 Å². The number of hydrogen-bond acceptors (Lipinski definition) is 4. The summed E-state index contributed by atoms with van der Waals surface area (Å²) in [6.07, 6.45) is 0. The largest absolute Gasteiger partial charge is 0.456 e. The van der Waals surface area contributed by atoms with E-state index in [2.05, 4.69) is 66.7 Å². The van der Waals surface area contributed by atoms with E-state index in [-0.39, 0.29) is 0 Å². The topological polar surface area (TPSA) is 73.9 Å². The third-order valence-electron chi connectivity index (χ3n) is 7.95. The van der Waals surface area contributed by atoms with Crippen molar-refractivity contribution < 1.29 is 8.83 Å². The molecule has 0 saturated heterocycles. The highest BCUT2D eigenvalue weighted by Gasteiger charge is 2.19. The van der Waals surface area contributed by atoms with Crippen molar-refractivity contribution in [1.82, 2.24) is 0 Å². The average molecular weight is 537 g/mol. The molecular weight excluding hydrogens is 516 g/mol. The number of hydrogen-bond donors (Lipinski definition) is 0. The maximum atomic E-state index is 9.74. The van der Waals surface area contributed by atoms with Gasteiger partial charge in [0.1, 0.15) is 22.3 Å². The molecule has 0 N–H and O–H groups in total. The molecule has 0 aliphatic rings. The summed E-state index contributed by atoms with van der Waals surface area (Å²) >= 11 is 0. The first kappa shape index (κ1) is 23.8. The molecule has 2 aromatic heterocycles. The SMILES string of the molecule is N#Cc1cccc(-c2c(-c3ccc4oc5ccc(C#N)cc5c4c3)cccc2-c2cccc3c2oc2ccccc23)c1. The Morgan fingerprint density at radius 1 is 0.429 bits per heavy atom. The number of benzene rings is 6. The molecule has 8 aromatic rings. The highest BCUT2D eigenvalue weighted by atomic mass is 16.3. The molecule has 0 unspecified atom stereocenters. The standard InChI is InChI=1S/C38H20N2O2/c39-21-23-6-3-7-26(18-23)37-27(25-15-17-36-33(20-25)32-19-24(22-40)14-16-35(32)41-36)9-4-10-29(37)31-12-5-11-30-28-8-1-2-13-34(28)42-38(30)31/h1-20H. The Morgan fingerprint density at radius 2 is 1.10 bits per heavy atom. The molecule has 8 rings (SSSR count). The zero-order chi connectivity index (χ0) is 28.2. The number of nitriles is 2. The van der Waals surface area contributed by atoms with E-state index in [1.54, 1.807) is 6.07 Å². The lowest BCUT2D eigenvalue weighted by molar-refractivity contribution is 0.669. The summed E-state index contributed by atoms with van der Waals surface area (Å²) in [5.41, 5.74) is 10.3. The Bertz CT molecular complexity index is 2450. The molecule has 0 radical (unpaired) electrons. The predicted molar refractivity (Wildman–Crippen MR) is 167 cm³/mol. The summed E-state index contributed by atoms with van der Waals surface area (Å²) in [4.78, 5) is 0. The lowest BCUT2D eigenvalue weighted by Gasteiger charge is -2.17. The van der Waals surface area contributed by atoms with Crippen LogP contribution in [0.15, 0.2) is 130 Å². The van der Waals surface area contributed by atoms with E-state index < -0.39 is 0 Å². The lowest BCUT2D eigenvalue weighted by atomic mass is 9.86. The molecule has 0 bridgehead atoms. The summed E-state index contributed by atoms with van der Waals surface area (Å²) in [6, 6.07) is 44.6. The molecule has 194 valence electrons. The van der Waals surface area contributed by atoms with E-state index in [4.69, 9.17) is 8.83 Å². The molecule has 0 aliphatic carbocycles. The van der Waals surface area contributed by atoms with Gasteiger partial charge in [0.25, 0.3) is 0 Å². The third-order valence-corrected chi connectivity index (χ3v) is 7.95. The molecule has 4 nitrogen and oxygen atoms in total. The van der Waals surface area contributed by atoms with Crippen molar-refractivity contribution in [3.63, 3.8) is 0 Å². The molecule has 0 amide bonds. The van der Waals surface area contributed by atoms with Gasteiger partial charge < -0.3 is 8.83 Å². The van der Waals surface area contributed by atoms with Gasteiger partial charge >= 0.3 is 0 Å². The van der Waals surface area contributed by atoms with Gasteiger partial charge in [-0.15, -0.1) is 0 Å². The van der Waals surface area contributed by atoms with Gasteiger partial charge in [-0.1, -0.05) is 72.8 Å². The lowest BCUT2D eigenvalue weighted by Crippen LogP contribution is -1.92. The minimum atomic E-state index is 0.588. The maximum Gasteiger partial charge on any atom is 0.143 e. The van der Waals surface area contributed by atoms with Crippen LogP contribution >= 0.6 is 0 Å². The van der Waals surface area contributed by atoms with Crippen LogP contribution in [-0.2, 0) is 0 Å². The Kier molecular flexibility index (Phi) is 5.22. The predicted octanol–water partition coefficient (Wildman–Crippen LogP) is 10.2. The van der Waals surface area contributed by atoms with Gasteiger partial charge in [-0.05, 0) is 76.3 Å². The van der Waals surface area contributed by atoms with Gasteiger partial charge in [-0.3, -0.25) is 0 Å². The second-order valence-electron chi connectivity index (χ2n) is 10.3. The van der Waals surface area contributed by atoms with Crippen molar-refractivity contribution in [2.45, 2.75) is 0 Å². The molecular formula is C38H20N2O2. The molecule has 42 heavy (non-hydrogen) atoms. The average Bonchev–Trinajstić information content (AvgIpc) is 3.62. The van der Waals surface area contributed by atoms with Gasteiger partial charge in [0, 0.05) is 27.1 Å². The van der Waals surface area contributed by atoms with Crippen LogP contribution in [0.5, 0.6) is 0 Å². The second-order valence-corrected chi connectivity index (χ2v) is 10.3. The van der Waals surface area contributed by atoms with Gasteiger partial charge in [-0.2, -0.15) is 10.5 Å². The first-order valence-electron chi connectivity index (χ1n) is 13.6. The van der Waals surface area contributed by atoms with E-state index in [9.17, 15) is 10.5 Å². The molecule has 0 aliphatic heterocycles. The van der Waals surface area contributed by atoms with Gasteiger partial charge in [-0.25, -0.2) is 0 Å². The smallest absolute Gasteiger partial charge is 0.143 e. The molecule has 0 spiro atoms. The molecule has 4 heteroatoms. The highest BCUT2D eigenvalue weighted by molar-refractivity contribution is 6.12. The van der Waals surface area contributed by atoms with E-state index in [1.165, 1.54) is 0 Å². The van der Waals surface area contributed by atoms with E-state index >= 15 is 0 Å². The van der Waals surface area contributed by atoms with Crippen molar-refractivity contribution in [2.24, 2.45) is 0 Å². The minimum Gasteiger partial charge on any atom is -0.456 e. The summed E-state index contributed by atoms with van der Waals surface area (Å²) in [6.45, 7) is 0. The Balaban J connectivity index is 1.44. The zero-order valence-corrected chi connectivity index (χ0v) is 22.3. The Hall–Kier alpha value is -6.10. The summed E-state index contributed by atoms with van der Waals surface area (Å²) in [5.74, 6) is 0. The quantitative estimate of drug-likeness (QED) is 0.225. The molecule has 0 atom stereocenters. The molecule has 0 saturated carbocycles. The fourth-order valence-electron chi connectivity index (χ4n) is 6.05. The summed E-state index contributed by atoms with van der Waals surface area (Å²) < 4.78 is 12.5. The minimum absolute atomic E-state index is 0.588. The maximum absolute atomic E-state index is 9.74. The van der Waals surface area contributed by atoms with Crippen LogP contribution in [0.2, 0.25) is 0 Å². The van der Waals surface area contributed by atoms with Crippen LogP contribution in [0.3, 0.4) is 0 Å². The number of nitrogens with zero attached hydrogens (tertiary/aromatic N) is 2. The van der Waals surface area contributed by atoms with Crippen molar-refractivity contribution in [1.29, 1.82) is 10.5 Å². The molecule has 6 aromatic carbocycles. The fourth-order valence-corrected chi connectivity index (χ4v) is 6.05. The normalized spacial score (nSPS) is 11.3.